The molecule has 4 aromatic carbocycles. The average molecular weight is 586 g/mol. The van der Waals surface area contributed by atoms with Gasteiger partial charge in [0.25, 0.3) is 0 Å². The molecular weight excluding hydrogens is 558 g/mol. The number of allylic oxidation sites excluding steroid dienone is 4. The SMILES string of the molecule is CCc1ccc2c(c1C1=CC=CC1)[CH]([Zr+2]=[C](c1ccccc1)c1ccccc1)c1ccccc1-2.[Cl-].[Cl-]. The smallest absolute Gasteiger partial charge is 1.00 e. The minimum Gasteiger partial charge on any atom is -1.00 e. The van der Waals surface area contributed by atoms with Gasteiger partial charge in [0.05, 0.1) is 0 Å². The average Bonchev–Trinajstić information content (AvgIpc) is 3.54. The van der Waals surface area contributed by atoms with Gasteiger partial charge in [0.15, 0.2) is 0 Å². The Kier molecular flexibility index (Phi) is 8.79. The van der Waals surface area contributed by atoms with Crippen LogP contribution in [0.3, 0.4) is 0 Å². The van der Waals surface area contributed by atoms with Crippen molar-refractivity contribution in [3.05, 3.63) is 149 Å². The second kappa shape index (κ2) is 11.8. The molecule has 0 saturated heterocycles. The molecule has 36 heavy (non-hydrogen) atoms. The Morgan fingerprint density at radius 3 is 2.00 bits per heavy atom. The Labute approximate surface area is 238 Å². The summed E-state index contributed by atoms with van der Waals surface area (Å²) in [6.07, 6.45) is 9.00. The van der Waals surface area contributed by atoms with Crippen LogP contribution in [0.5, 0.6) is 0 Å². The molecule has 0 nitrogen and oxygen atoms in total. The second-order valence-corrected chi connectivity index (χ2v) is 12.4. The Bertz CT molecular complexity index is 1410. The Morgan fingerprint density at radius 1 is 0.750 bits per heavy atom. The molecule has 1 unspecified atom stereocenters. The fraction of sp³-hybridized carbons (Fsp3) is 0.121. The molecule has 0 radical (unpaired) electrons. The third-order valence-corrected chi connectivity index (χ3v) is 11.4. The minimum atomic E-state index is -1.10. The predicted octanol–water partition coefficient (Wildman–Crippen LogP) is 2.02. The first-order valence-electron chi connectivity index (χ1n) is 12.2. The molecule has 0 fully saturated rings. The van der Waals surface area contributed by atoms with Crippen molar-refractivity contribution in [2.75, 3.05) is 0 Å². The van der Waals surface area contributed by atoms with Gasteiger partial charge in [0, 0.05) is 0 Å². The Morgan fingerprint density at radius 2 is 1.39 bits per heavy atom. The largest absolute Gasteiger partial charge is 1.00 e. The van der Waals surface area contributed by atoms with E-state index >= 15 is 0 Å². The molecule has 0 N–H and O–H groups in total. The maximum Gasteiger partial charge on any atom is -1.00 e. The van der Waals surface area contributed by atoms with E-state index in [-0.39, 0.29) is 24.8 Å². The number of aryl methyl sites for hydroxylation is 1. The zero-order chi connectivity index (χ0) is 22.9. The van der Waals surface area contributed by atoms with Crippen LogP contribution in [0.4, 0.5) is 0 Å². The van der Waals surface area contributed by atoms with E-state index in [1.165, 1.54) is 44.5 Å². The van der Waals surface area contributed by atoms with Gasteiger partial charge in [-0.25, -0.2) is 0 Å². The van der Waals surface area contributed by atoms with Gasteiger partial charge in [-0.05, 0) is 0 Å². The van der Waals surface area contributed by atoms with Crippen molar-refractivity contribution < 1.29 is 47.6 Å². The van der Waals surface area contributed by atoms with Gasteiger partial charge in [-0.3, -0.25) is 0 Å². The van der Waals surface area contributed by atoms with Crippen LogP contribution in [0, 0.1) is 0 Å². The summed E-state index contributed by atoms with van der Waals surface area (Å²) < 4.78 is 2.09. The first-order valence-corrected chi connectivity index (χ1v) is 14.9. The molecule has 6 rings (SSSR count). The van der Waals surface area contributed by atoms with Crippen molar-refractivity contribution in [1.82, 2.24) is 0 Å². The van der Waals surface area contributed by atoms with Gasteiger partial charge in [-0.1, -0.05) is 0 Å². The molecule has 0 aliphatic heterocycles. The van der Waals surface area contributed by atoms with Crippen molar-refractivity contribution in [2.45, 2.75) is 23.4 Å². The second-order valence-electron chi connectivity index (χ2n) is 9.01. The van der Waals surface area contributed by atoms with Gasteiger partial charge in [0.1, 0.15) is 0 Å². The Balaban J connectivity index is 0.00000152. The van der Waals surface area contributed by atoms with Gasteiger partial charge >= 0.3 is 215 Å². The number of fused-ring (bicyclic) bond motifs is 3. The quantitative estimate of drug-likeness (QED) is 0.337. The van der Waals surface area contributed by atoms with Crippen LogP contribution in [0.1, 0.15) is 50.4 Å². The fourth-order valence-corrected chi connectivity index (χ4v) is 9.93. The molecule has 0 amide bonds. The molecule has 0 aromatic heterocycles. The van der Waals surface area contributed by atoms with Gasteiger partial charge < -0.3 is 24.8 Å². The molecule has 0 saturated carbocycles. The third kappa shape index (κ3) is 4.82. The van der Waals surface area contributed by atoms with E-state index in [0.29, 0.717) is 3.63 Å². The van der Waals surface area contributed by atoms with E-state index in [4.69, 9.17) is 0 Å². The van der Waals surface area contributed by atoms with E-state index < -0.39 is 22.8 Å². The van der Waals surface area contributed by atoms with Crippen LogP contribution < -0.4 is 24.8 Å². The van der Waals surface area contributed by atoms with Crippen molar-refractivity contribution in [2.24, 2.45) is 0 Å². The minimum absolute atomic E-state index is 0. The zero-order valence-electron chi connectivity index (χ0n) is 20.2. The molecule has 0 heterocycles. The molecule has 4 aromatic rings. The summed E-state index contributed by atoms with van der Waals surface area (Å²) in [5.41, 5.74) is 13.3. The van der Waals surface area contributed by atoms with Crippen LogP contribution >= 0.6 is 0 Å². The van der Waals surface area contributed by atoms with Gasteiger partial charge in [-0.15, -0.1) is 0 Å². The van der Waals surface area contributed by atoms with E-state index in [1.807, 2.05) is 0 Å². The summed E-state index contributed by atoms with van der Waals surface area (Å²) in [6.45, 7) is 2.30. The van der Waals surface area contributed by atoms with E-state index in [2.05, 4.69) is 122 Å². The van der Waals surface area contributed by atoms with Crippen molar-refractivity contribution >= 4 is 8.78 Å². The first-order chi connectivity index (χ1) is 16.8. The summed E-state index contributed by atoms with van der Waals surface area (Å²) in [5.74, 6) is 0. The molecule has 0 spiro atoms. The number of hydrogen-bond acceptors (Lipinski definition) is 0. The van der Waals surface area contributed by atoms with Crippen LogP contribution in [-0.2, 0) is 29.2 Å². The predicted molar refractivity (Wildman–Crippen MR) is 141 cm³/mol. The number of benzene rings is 4. The number of halogens is 2. The van der Waals surface area contributed by atoms with Crippen LogP contribution in [0.15, 0.2) is 115 Å². The molecule has 177 valence electrons. The topological polar surface area (TPSA) is 0 Å². The van der Waals surface area contributed by atoms with Gasteiger partial charge in [0.2, 0.25) is 0 Å². The summed E-state index contributed by atoms with van der Waals surface area (Å²) in [7, 11) is 0. The maximum atomic E-state index is 2.41. The fourth-order valence-electron chi connectivity index (χ4n) is 5.49. The standard InChI is InChI=1S/C20H17.C13H10.2ClH.Zr/c1-2-14-11-12-18-17-10-6-5-9-16(17)13-19(18)20(14)15-7-3-4-8-15;1-3-7-12(8-4-1)11-13-9-5-2-6-10-13;;;/h3-7,9-13H,2,8H2,1H3;1-10H;2*1H;/q;;;;+2/p-2. The monoisotopic (exact) mass is 583 g/mol. The molecular formula is C33H27Cl2Zr. The first kappa shape index (κ1) is 26.7. The van der Waals surface area contributed by atoms with Crippen molar-refractivity contribution in [3.8, 4) is 11.1 Å². The van der Waals surface area contributed by atoms with Crippen LogP contribution in [-0.4, -0.2) is 3.21 Å². The molecule has 0 bridgehead atoms. The van der Waals surface area contributed by atoms with Crippen LogP contribution in [0.2, 0.25) is 0 Å². The van der Waals surface area contributed by atoms with E-state index in [1.54, 1.807) is 8.77 Å². The Hall–Kier alpha value is -2.31. The van der Waals surface area contributed by atoms with Gasteiger partial charge in [-0.2, -0.15) is 0 Å². The maximum absolute atomic E-state index is 2.41. The van der Waals surface area contributed by atoms with Crippen molar-refractivity contribution in [1.29, 1.82) is 0 Å². The summed E-state index contributed by atoms with van der Waals surface area (Å²) in [4.78, 5) is 0. The van der Waals surface area contributed by atoms with E-state index in [9.17, 15) is 0 Å². The normalized spacial score (nSPS) is 14.6. The third-order valence-electron chi connectivity index (χ3n) is 7.07. The number of rotatable bonds is 5. The van der Waals surface area contributed by atoms with Crippen molar-refractivity contribution in [3.63, 3.8) is 0 Å². The molecule has 2 aliphatic rings. The summed E-state index contributed by atoms with van der Waals surface area (Å²) >= 11 is -1.10. The van der Waals surface area contributed by atoms with Crippen LogP contribution in [0.25, 0.3) is 16.7 Å². The molecule has 2 aliphatic carbocycles. The zero-order valence-corrected chi connectivity index (χ0v) is 24.2. The molecule has 1 atom stereocenters. The van der Waals surface area contributed by atoms with E-state index in [0.717, 1.165) is 12.8 Å². The molecule has 3 heteroatoms. The summed E-state index contributed by atoms with van der Waals surface area (Å²) in [5, 5.41) is 0. The number of hydrogen-bond donors (Lipinski definition) is 0. The summed E-state index contributed by atoms with van der Waals surface area (Å²) in [6, 6.07) is 36.2.